The molecular formula is C18H18FNO4. The second-order valence-electron chi connectivity index (χ2n) is 5.23. The molecule has 0 fully saturated rings. The monoisotopic (exact) mass is 331 g/mol. The highest BCUT2D eigenvalue weighted by molar-refractivity contribution is 5.92. The van der Waals surface area contributed by atoms with Gasteiger partial charge in [-0.05, 0) is 49.2 Å². The van der Waals surface area contributed by atoms with Crippen molar-refractivity contribution in [2.75, 3.05) is 18.5 Å². The smallest absolute Gasteiger partial charge is 0.344 e. The van der Waals surface area contributed by atoms with E-state index < -0.39 is 24.3 Å². The molecule has 0 atom stereocenters. The number of rotatable bonds is 6. The van der Waals surface area contributed by atoms with Crippen molar-refractivity contribution in [3.63, 3.8) is 0 Å². The van der Waals surface area contributed by atoms with Crippen molar-refractivity contribution in [3.8, 4) is 5.75 Å². The summed E-state index contributed by atoms with van der Waals surface area (Å²) in [6, 6.07) is 10.9. The molecule has 0 aliphatic rings. The molecule has 2 aromatic rings. The SMILES string of the molecule is Cc1cccc(C)c1OCC(=O)OCC(=O)Nc1ccc(F)cc1. The van der Waals surface area contributed by atoms with E-state index >= 15 is 0 Å². The van der Waals surface area contributed by atoms with Gasteiger partial charge < -0.3 is 14.8 Å². The van der Waals surface area contributed by atoms with Crippen LogP contribution in [0.25, 0.3) is 0 Å². The molecule has 0 unspecified atom stereocenters. The normalized spacial score (nSPS) is 10.1. The van der Waals surface area contributed by atoms with Crippen LogP contribution in [0.3, 0.4) is 0 Å². The predicted molar refractivity (Wildman–Crippen MR) is 87.4 cm³/mol. The van der Waals surface area contributed by atoms with Crippen LogP contribution in [-0.2, 0) is 14.3 Å². The van der Waals surface area contributed by atoms with Gasteiger partial charge in [-0.15, -0.1) is 0 Å². The van der Waals surface area contributed by atoms with E-state index in [-0.39, 0.29) is 6.61 Å². The number of benzene rings is 2. The molecule has 126 valence electrons. The van der Waals surface area contributed by atoms with E-state index in [1.54, 1.807) is 0 Å². The standard InChI is InChI=1S/C18H18FNO4/c1-12-4-3-5-13(2)18(12)24-11-17(22)23-10-16(21)20-15-8-6-14(19)7-9-15/h3-9H,10-11H2,1-2H3,(H,20,21). The van der Waals surface area contributed by atoms with E-state index in [1.165, 1.54) is 24.3 Å². The fourth-order valence-electron chi connectivity index (χ4n) is 2.08. The van der Waals surface area contributed by atoms with Crippen LogP contribution in [0.2, 0.25) is 0 Å². The number of carbonyl (C=O) groups excluding carboxylic acids is 2. The van der Waals surface area contributed by atoms with E-state index in [2.05, 4.69) is 5.32 Å². The number of ether oxygens (including phenoxy) is 2. The zero-order valence-corrected chi connectivity index (χ0v) is 13.5. The molecule has 0 radical (unpaired) electrons. The van der Waals surface area contributed by atoms with Gasteiger partial charge in [-0.3, -0.25) is 4.79 Å². The minimum absolute atomic E-state index is 0.282. The largest absolute Gasteiger partial charge is 0.481 e. The maximum absolute atomic E-state index is 12.8. The Morgan fingerprint density at radius 3 is 2.25 bits per heavy atom. The quantitative estimate of drug-likeness (QED) is 0.827. The molecule has 0 saturated heterocycles. The maximum atomic E-state index is 12.8. The minimum atomic E-state index is -0.646. The van der Waals surface area contributed by atoms with Gasteiger partial charge in [-0.1, -0.05) is 18.2 Å². The third-order valence-electron chi connectivity index (χ3n) is 3.24. The summed E-state index contributed by atoms with van der Waals surface area (Å²) in [7, 11) is 0. The van der Waals surface area contributed by atoms with E-state index in [1.807, 2.05) is 32.0 Å². The molecule has 2 aromatic carbocycles. The van der Waals surface area contributed by atoms with Crippen molar-refractivity contribution in [3.05, 3.63) is 59.4 Å². The molecule has 24 heavy (non-hydrogen) atoms. The summed E-state index contributed by atoms with van der Waals surface area (Å²) in [5.74, 6) is -0.928. The Balaban J connectivity index is 1.76. The van der Waals surface area contributed by atoms with Crippen molar-refractivity contribution in [1.82, 2.24) is 0 Å². The van der Waals surface area contributed by atoms with Gasteiger partial charge in [-0.2, -0.15) is 0 Å². The number of para-hydroxylation sites is 1. The Morgan fingerprint density at radius 2 is 1.62 bits per heavy atom. The molecule has 0 saturated carbocycles. The van der Waals surface area contributed by atoms with Crippen LogP contribution in [0.1, 0.15) is 11.1 Å². The summed E-state index contributed by atoms with van der Waals surface area (Å²) in [5.41, 5.74) is 2.25. The Morgan fingerprint density at radius 1 is 1.00 bits per heavy atom. The molecule has 0 spiro atoms. The first-order valence-electron chi connectivity index (χ1n) is 7.36. The number of halogens is 1. The summed E-state index contributed by atoms with van der Waals surface area (Å²) in [4.78, 5) is 23.3. The van der Waals surface area contributed by atoms with Crippen molar-refractivity contribution in [2.24, 2.45) is 0 Å². The third-order valence-corrected chi connectivity index (χ3v) is 3.24. The van der Waals surface area contributed by atoms with Crippen molar-refractivity contribution in [1.29, 1.82) is 0 Å². The van der Waals surface area contributed by atoms with Gasteiger partial charge in [0.1, 0.15) is 11.6 Å². The molecule has 0 aliphatic heterocycles. The molecule has 1 amide bonds. The highest BCUT2D eigenvalue weighted by Crippen LogP contribution is 2.22. The topological polar surface area (TPSA) is 64.6 Å². The molecule has 1 N–H and O–H groups in total. The van der Waals surface area contributed by atoms with Crippen LogP contribution in [0.5, 0.6) is 5.75 Å². The third kappa shape index (κ3) is 5.08. The number of carbonyl (C=O) groups is 2. The number of hydrogen-bond donors (Lipinski definition) is 1. The summed E-state index contributed by atoms with van der Waals surface area (Å²) in [6.45, 7) is 3.04. The van der Waals surface area contributed by atoms with E-state index in [0.717, 1.165) is 11.1 Å². The van der Waals surface area contributed by atoms with Crippen molar-refractivity contribution < 1.29 is 23.5 Å². The summed E-state index contributed by atoms with van der Waals surface area (Å²) >= 11 is 0. The Hall–Kier alpha value is -2.89. The fraction of sp³-hybridized carbons (Fsp3) is 0.222. The van der Waals surface area contributed by atoms with Crippen LogP contribution in [0.15, 0.2) is 42.5 Å². The van der Waals surface area contributed by atoms with Gasteiger partial charge in [0.05, 0.1) is 0 Å². The predicted octanol–water partition coefficient (Wildman–Crippen LogP) is 3.00. The first-order valence-corrected chi connectivity index (χ1v) is 7.36. The second-order valence-corrected chi connectivity index (χ2v) is 5.23. The van der Waals surface area contributed by atoms with Gasteiger partial charge in [-0.25, -0.2) is 9.18 Å². The number of nitrogens with one attached hydrogen (secondary N) is 1. The number of aryl methyl sites for hydroxylation is 2. The molecule has 0 aliphatic carbocycles. The molecule has 5 nitrogen and oxygen atoms in total. The lowest BCUT2D eigenvalue weighted by Crippen LogP contribution is -2.23. The molecule has 0 aromatic heterocycles. The average molecular weight is 331 g/mol. The Kier molecular flexibility index (Phi) is 5.89. The van der Waals surface area contributed by atoms with Crippen LogP contribution < -0.4 is 10.1 Å². The lowest BCUT2D eigenvalue weighted by Gasteiger charge is -2.11. The maximum Gasteiger partial charge on any atom is 0.344 e. The van der Waals surface area contributed by atoms with Gasteiger partial charge >= 0.3 is 5.97 Å². The summed E-state index contributed by atoms with van der Waals surface area (Å²) in [5, 5.41) is 2.49. The van der Waals surface area contributed by atoms with E-state index in [4.69, 9.17) is 9.47 Å². The molecular weight excluding hydrogens is 313 g/mol. The number of hydrogen-bond acceptors (Lipinski definition) is 4. The highest BCUT2D eigenvalue weighted by atomic mass is 19.1. The molecule has 0 bridgehead atoms. The van der Waals surface area contributed by atoms with Crippen LogP contribution >= 0.6 is 0 Å². The van der Waals surface area contributed by atoms with E-state index in [0.29, 0.717) is 11.4 Å². The number of esters is 1. The lowest BCUT2D eigenvalue weighted by atomic mass is 10.1. The number of anilines is 1. The fourth-order valence-corrected chi connectivity index (χ4v) is 2.08. The molecule has 2 rings (SSSR count). The zero-order valence-electron chi connectivity index (χ0n) is 13.5. The second kappa shape index (κ2) is 8.10. The Bertz CT molecular complexity index is 708. The Labute approximate surface area is 139 Å². The molecule has 6 heteroatoms. The van der Waals surface area contributed by atoms with Crippen molar-refractivity contribution >= 4 is 17.6 Å². The minimum Gasteiger partial charge on any atom is -0.481 e. The average Bonchev–Trinajstić information content (AvgIpc) is 2.54. The van der Waals surface area contributed by atoms with Crippen LogP contribution in [0.4, 0.5) is 10.1 Å². The van der Waals surface area contributed by atoms with Crippen LogP contribution in [0, 0.1) is 19.7 Å². The lowest BCUT2D eigenvalue weighted by molar-refractivity contribution is -0.149. The highest BCUT2D eigenvalue weighted by Gasteiger charge is 2.11. The van der Waals surface area contributed by atoms with Crippen molar-refractivity contribution in [2.45, 2.75) is 13.8 Å². The van der Waals surface area contributed by atoms with Gasteiger partial charge in [0, 0.05) is 5.69 Å². The first-order chi connectivity index (χ1) is 11.5. The van der Waals surface area contributed by atoms with E-state index in [9.17, 15) is 14.0 Å². The first kappa shape index (κ1) is 17.5. The summed E-state index contributed by atoms with van der Waals surface area (Å²) < 4.78 is 23.1. The molecule has 0 heterocycles. The van der Waals surface area contributed by atoms with Gasteiger partial charge in [0.15, 0.2) is 13.2 Å². The zero-order chi connectivity index (χ0) is 17.5. The van der Waals surface area contributed by atoms with Gasteiger partial charge in [0.25, 0.3) is 5.91 Å². The number of amides is 1. The summed E-state index contributed by atoms with van der Waals surface area (Å²) in [6.07, 6.45) is 0. The van der Waals surface area contributed by atoms with Crippen LogP contribution in [-0.4, -0.2) is 25.1 Å². The van der Waals surface area contributed by atoms with Gasteiger partial charge in [0.2, 0.25) is 0 Å².